The summed E-state index contributed by atoms with van der Waals surface area (Å²) in [6.45, 7) is 5.10. The SMILES string of the molecule is CCn1ccnc1CC(O)C1(O)CCC(C)CC1. The molecule has 1 atom stereocenters. The van der Waals surface area contributed by atoms with Crippen LogP contribution in [-0.4, -0.2) is 31.5 Å². The average molecular weight is 252 g/mol. The number of hydrogen-bond donors (Lipinski definition) is 2. The molecule has 1 fully saturated rings. The molecule has 102 valence electrons. The van der Waals surface area contributed by atoms with Crippen LogP contribution in [0.25, 0.3) is 0 Å². The topological polar surface area (TPSA) is 58.3 Å². The third kappa shape index (κ3) is 2.75. The Bertz CT molecular complexity index is 381. The van der Waals surface area contributed by atoms with Crippen molar-refractivity contribution >= 4 is 0 Å². The van der Waals surface area contributed by atoms with E-state index in [0.29, 0.717) is 25.2 Å². The van der Waals surface area contributed by atoms with Gasteiger partial charge in [0.15, 0.2) is 0 Å². The van der Waals surface area contributed by atoms with Crippen LogP contribution in [-0.2, 0) is 13.0 Å². The minimum atomic E-state index is -0.920. The van der Waals surface area contributed by atoms with E-state index in [0.717, 1.165) is 25.2 Å². The number of aliphatic hydroxyl groups is 2. The molecule has 1 aromatic rings. The number of hydrogen-bond acceptors (Lipinski definition) is 3. The van der Waals surface area contributed by atoms with Crippen molar-refractivity contribution in [2.45, 2.75) is 64.2 Å². The lowest BCUT2D eigenvalue weighted by molar-refractivity contribution is -0.103. The number of aromatic nitrogens is 2. The van der Waals surface area contributed by atoms with E-state index in [1.165, 1.54) is 0 Å². The monoisotopic (exact) mass is 252 g/mol. The molecule has 4 nitrogen and oxygen atoms in total. The fraction of sp³-hybridized carbons (Fsp3) is 0.786. The van der Waals surface area contributed by atoms with Crippen molar-refractivity contribution in [3.63, 3.8) is 0 Å². The van der Waals surface area contributed by atoms with E-state index < -0.39 is 11.7 Å². The molecule has 1 unspecified atom stereocenters. The minimum absolute atomic E-state index is 0.436. The molecule has 1 aliphatic rings. The maximum absolute atomic E-state index is 10.5. The summed E-state index contributed by atoms with van der Waals surface area (Å²) in [5.74, 6) is 1.52. The largest absolute Gasteiger partial charge is 0.390 e. The molecule has 1 heterocycles. The van der Waals surface area contributed by atoms with Gasteiger partial charge < -0.3 is 14.8 Å². The van der Waals surface area contributed by atoms with Crippen molar-refractivity contribution in [3.05, 3.63) is 18.2 Å². The van der Waals surface area contributed by atoms with Gasteiger partial charge >= 0.3 is 0 Å². The van der Waals surface area contributed by atoms with E-state index in [9.17, 15) is 10.2 Å². The number of rotatable bonds is 4. The van der Waals surface area contributed by atoms with Gasteiger partial charge in [-0.05, 0) is 38.5 Å². The number of aliphatic hydroxyl groups excluding tert-OH is 1. The number of nitrogens with zero attached hydrogens (tertiary/aromatic N) is 2. The van der Waals surface area contributed by atoms with Gasteiger partial charge in [-0.2, -0.15) is 0 Å². The van der Waals surface area contributed by atoms with Gasteiger partial charge in [0.25, 0.3) is 0 Å². The van der Waals surface area contributed by atoms with E-state index in [1.807, 2.05) is 10.8 Å². The van der Waals surface area contributed by atoms with Gasteiger partial charge in [0.2, 0.25) is 0 Å². The van der Waals surface area contributed by atoms with Crippen LogP contribution in [0.2, 0.25) is 0 Å². The Morgan fingerprint density at radius 1 is 1.50 bits per heavy atom. The normalized spacial score (nSPS) is 30.3. The van der Waals surface area contributed by atoms with Gasteiger partial charge in [-0.25, -0.2) is 4.98 Å². The number of imidazole rings is 1. The third-order valence-electron chi connectivity index (χ3n) is 4.28. The predicted molar refractivity (Wildman–Crippen MR) is 70.2 cm³/mol. The molecule has 0 saturated heterocycles. The van der Waals surface area contributed by atoms with E-state index in [-0.39, 0.29) is 0 Å². The van der Waals surface area contributed by atoms with Crippen LogP contribution < -0.4 is 0 Å². The molecule has 4 heteroatoms. The van der Waals surface area contributed by atoms with E-state index in [4.69, 9.17) is 0 Å². The quantitative estimate of drug-likeness (QED) is 0.858. The fourth-order valence-electron chi connectivity index (χ4n) is 2.78. The van der Waals surface area contributed by atoms with Crippen molar-refractivity contribution < 1.29 is 10.2 Å². The van der Waals surface area contributed by atoms with Gasteiger partial charge in [0.05, 0.1) is 11.7 Å². The van der Waals surface area contributed by atoms with Crippen LogP contribution in [0.4, 0.5) is 0 Å². The molecule has 0 spiro atoms. The molecule has 2 N–H and O–H groups in total. The van der Waals surface area contributed by atoms with Crippen molar-refractivity contribution in [2.24, 2.45) is 5.92 Å². The second-order valence-corrected chi connectivity index (χ2v) is 5.64. The van der Waals surface area contributed by atoms with Crippen molar-refractivity contribution in [2.75, 3.05) is 0 Å². The van der Waals surface area contributed by atoms with Crippen LogP contribution in [0.1, 0.15) is 45.4 Å². The first-order valence-corrected chi connectivity index (χ1v) is 6.95. The van der Waals surface area contributed by atoms with Crippen molar-refractivity contribution in [3.8, 4) is 0 Å². The van der Waals surface area contributed by atoms with E-state index in [1.54, 1.807) is 6.20 Å². The van der Waals surface area contributed by atoms with Crippen LogP contribution in [0.5, 0.6) is 0 Å². The molecule has 1 aromatic heterocycles. The summed E-state index contributed by atoms with van der Waals surface area (Å²) in [6, 6.07) is 0. The molecule has 0 aromatic carbocycles. The lowest BCUT2D eigenvalue weighted by atomic mass is 9.76. The fourth-order valence-corrected chi connectivity index (χ4v) is 2.78. The zero-order valence-corrected chi connectivity index (χ0v) is 11.3. The molecule has 18 heavy (non-hydrogen) atoms. The van der Waals surface area contributed by atoms with Gasteiger partial charge in [0, 0.05) is 25.4 Å². The summed E-state index contributed by atoms with van der Waals surface area (Å²) in [6.07, 6.45) is 6.77. The average Bonchev–Trinajstić information content (AvgIpc) is 2.80. The summed E-state index contributed by atoms with van der Waals surface area (Å²) in [7, 11) is 0. The first-order chi connectivity index (χ1) is 8.55. The molecule has 0 amide bonds. The zero-order chi connectivity index (χ0) is 13.2. The highest BCUT2D eigenvalue weighted by Crippen LogP contribution is 2.35. The summed E-state index contributed by atoms with van der Waals surface area (Å²) < 4.78 is 2.01. The van der Waals surface area contributed by atoms with Crippen LogP contribution in [0.15, 0.2) is 12.4 Å². The minimum Gasteiger partial charge on any atom is -0.390 e. The standard InChI is InChI=1S/C14H24N2O2/c1-3-16-9-8-15-13(16)10-12(17)14(18)6-4-11(2)5-7-14/h8-9,11-12,17-18H,3-7,10H2,1-2H3. The lowest BCUT2D eigenvalue weighted by Gasteiger charge is -2.38. The highest BCUT2D eigenvalue weighted by atomic mass is 16.3. The van der Waals surface area contributed by atoms with Crippen LogP contribution in [0.3, 0.4) is 0 Å². The first kappa shape index (κ1) is 13.6. The first-order valence-electron chi connectivity index (χ1n) is 6.95. The van der Waals surface area contributed by atoms with Crippen LogP contribution >= 0.6 is 0 Å². The Morgan fingerprint density at radius 3 is 2.78 bits per heavy atom. The molecule has 2 rings (SSSR count). The van der Waals surface area contributed by atoms with Crippen molar-refractivity contribution in [1.82, 2.24) is 9.55 Å². The third-order valence-corrected chi connectivity index (χ3v) is 4.28. The highest BCUT2D eigenvalue weighted by molar-refractivity contribution is 5.00. The Morgan fingerprint density at radius 2 is 2.17 bits per heavy atom. The van der Waals surface area contributed by atoms with E-state index >= 15 is 0 Å². The molecule has 0 radical (unpaired) electrons. The van der Waals surface area contributed by atoms with Gasteiger partial charge in [-0.15, -0.1) is 0 Å². The molecule has 1 saturated carbocycles. The second kappa shape index (κ2) is 5.41. The van der Waals surface area contributed by atoms with E-state index in [2.05, 4.69) is 18.8 Å². The molecular weight excluding hydrogens is 228 g/mol. The lowest BCUT2D eigenvalue weighted by Crippen LogP contribution is -2.46. The molecular formula is C14H24N2O2. The van der Waals surface area contributed by atoms with Crippen molar-refractivity contribution in [1.29, 1.82) is 0 Å². The molecule has 0 bridgehead atoms. The predicted octanol–water partition coefficient (Wildman–Crippen LogP) is 1.75. The molecule has 1 aliphatic carbocycles. The zero-order valence-electron chi connectivity index (χ0n) is 11.3. The second-order valence-electron chi connectivity index (χ2n) is 5.64. The maximum Gasteiger partial charge on any atom is 0.111 e. The highest BCUT2D eigenvalue weighted by Gasteiger charge is 2.38. The summed E-state index contributed by atoms with van der Waals surface area (Å²) in [5.41, 5.74) is -0.920. The van der Waals surface area contributed by atoms with Gasteiger partial charge in [-0.1, -0.05) is 6.92 Å². The maximum atomic E-state index is 10.5. The Labute approximate surface area is 109 Å². The Kier molecular flexibility index (Phi) is 4.07. The Balaban J connectivity index is 2.01. The van der Waals surface area contributed by atoms with Gasteiger partial charge in [0.1, 0.15) is 5.82 Å². The summed E-state index contributed by atoms with van der Waals surface area (Å²) in [5, 5.41) is 20.8. The van der Waals surface area contributed by atoms with Crippen LogP contribution in [0, 0.1) is 5.92 Å². The summed E-state index contributed by atoms with van der Waals surface area (Å²) >= 11 is 0. The Hall–Kier alpha value is -0.870. The smallest absolute Gasteiger partial charge is 0.111 e. The summed E-state index contributed by atoms with van der Waals surface area (Å²) in [4.78, 5) is 4.26. The molecule has 0 aliphatic heterocycles. The number of aryl methyl sites for hydroxylation is 1. The van der Waals surface area contributed by atoms with Gasteiger partial charge in [-0.3, -0.25) is 0 Å².